The molecule has 0 saturated carbocycles. The van der Waals surface area contributed by atoms with Crippen molar-refractivity contribution in [2.75, 3.05) is 6.54 Å². The number of halogens is 1. The monoisotopic (exact) mass is 301 g/mol. The van der Waals surface area contributed by atoms with Gasteiger partial charge >= 0.3 is 0 Å². The van der Waals surface area contributed by atoms with Crippen molar-refractivity contribution in [1.29, 1.82) is 0 Å². The third-order valence-corrected chi connectivity index (χ3v) is 4.24. The number of likely N-dealkylation sites (tertiary alicyclic amines) is 1. The number of rotatable bonds is 3. The van der Waals surface area contributed by atoms with E-state index in [-0.39, 0.29) is 23.7 Å². The van der Waals surface area contributed by atoms with Gasteiger partial charge in [-0.1, -0.05) is 26.0 Å². The third-order valence-electron chi connectivity index (χ3n) is 4.24. The number of carbonyl (C=O) groups is 1. The van der Waals surface area contributed by atoms with E-state index in [0.29, 0.717) is 5.69 Å². The zero-order valence-corrected chi connectivity index (χ0v) is 13.1. The fourth-order valence-corrected chi connectivity index (χ4v) is 2.78. The topological polar surface area (TPSA) is 38.1 Å². The molecule has 1 aliphatic rings. The van der Waals surface area contributed by atoms with Gasteiger partial charge in [0.15, 0.2) is 0 Å². The summed E-state index contributed by atoms with van der Waals surface area (Å²) in [4.78, 5) is 14.6. The zero-order valence-electron chi connectivity index (χ0n) is 13.1. The van der Waals surface area contributed by atoms with E-state index in [1.165, 1.54) is 12.1 Å². The Labute approximate surface area is 129 Å². The van der Waals surface area contributed by atoms with Gasteiger partial charge in [-0.15, -0.1) is 0 Å². The molecule has 1 saturated heterocycles. The predicted molar refractivity (Wildman–Crippen MR) is 82.1 cm³/mol. The first-order valence-corrected chi connectivity index (χ1v) is 7.57. The number of benzene rings is 1. The minimum Gasteiger partial charge on any atom is -0.330 e. The molecule has 0 spiro atoms. The Morgan fingerprint density at radius 1 is 1.32 bits per heavy atom. The Balaban J connectivity index is 1.82. The Hall–Kier alpha value is -2.17. The maximum Gasteiger partial charge on any atom is 0.272 e. The first-order valence-electron chi connectivity index (χ1n) is 7.57. The van der Waals surface area contributed by atoms with Crippen molar-refractivity contribution in [3.8, 4) is 0 Å². The van der Waals surface area contributed by atoms with Gasteiger partial charge in [-0.25, -0.2) is 4.39 Å². The molecule has 116 valence electrons. The average molecular weight is 301 g/mol. The summed E-state index contributed by atoms with van der Waals surface area (Å²) in [5.74, 6) is 0.0219. The molecule has 5 heteroatoms. The van der Waals surface area contributed by atoms with Gasteiger partial charge in [0.1, 0.15) is 11.5 Å². The van der Waals surface area contributed by atoms with Crippen molar-refractivity contribution in [1.82, 2.24) is 14.7 Å². The van der Waals surface area contributed by atoms with Gasteiger partial charge in [0.25, 0.3) is 5.91 Å². The summed E-state index contributed by atoms with van der Waals surface area (Å²) in [5, 5.41) is 4.40. The largest absolute Gasteiger partial charge is 0.330 e. The van der Waals surface area contributed by atoms with Gasteiger partial charge in [-0.2, -0.15) is 5.10 Å². The quantitative estimate of drug-likeness (QED) is 0.872. The molecule has 0 aliphatic carbocycles. The van der Waals surface area contributed by atoms with Crippen molar-refractivity contribution in [3.05, 3.63) is 53.1 Å². The molecule has 2 heterocycles. The molecule has 1 aromatic carbocycles. The predicted octanol–water partition coefficient (Wildman–Crippen LogP) is 3.27. The maximum absolute atomic E-state index is 13.0. The molecule has 0 N–H and O–H groups in total. The van der Waals surface area contributed by atoms with E-state index >= 15 is 0 Å². The molecule has 1 fully saturated rings. The first-order chi connectivity index (χ1) is 10.5. The number of amides is 1. The lowest BCUT2D eigenvalue weighted by atomic mass is 9.94. The standard InChI is InChI=1S/C17H20FN3O/c1-11(2)14-10-16(20(3)19-14)17(22)21-9-8-15(21)12-4-6-13(18)7-5-12/h4-7,10-11,15H,8-9H2,1-3H3/t15-/m0/s1. The second kappa shape index (κ2) is 5.55. The van der Waals surface area contributed by atoms with Crippen molar-refractivity contribution >= 4 is 5.91 Å². The van der Waals surface area contributed by atoms with Crippen LogP contribution in [0.1, 0.15) is 54.0 Å². The second-order valence-electron chi connectivity index (χ2n) is 6.09. The molecule has 22 heavy (non-hydrogen) atoms. The molecule has 0 radical (unpaired) electrons. The van der Waals surface area contributed by atoms with Crippen LogP contribution in [0.5, 0.6) is 0 Å². The number of hydrogen-bond donors (Lipinski definition) is 0. The Morgan fingerprint density at radius 2 is 2.00 bits per heavy atom. The van der Waals surface area contributed by atoms with Crippen molar-refractivity contribution in [2.24, 2.45) is 7.05 Å². The lowest BCUT2D eigenvalue weighted by molar-refractivity contribution is 0.0449. The van der Waals surface area contributed by atoms with E-state index in [0.717, 1.165) is 24.2 Å². The smallest absolute Gasteiger partial charge is 0.272 e. The van der Waals surface area contributed by atoms with Crippen LogP contribution in [0.15, 0.2) is 30.3 Å². The molecule has 0 unspecified atom stereocenters. The fourth-order valence-electron chi connectivity index (χ4n) is 2.78. The Kier molecular flexibility index (Phi) is 3.72. The molecular formula is C17H20FN3O. The van der Waals surface area contributed by atoms with Crippen molar-refractivity contribution < 1.29 is 9.18 Å². The van der Waals surface area contributed by atoms with Gasteiger partial charge in [0.2, 0.25) is 0 Å². The molecular weight excluding hydrogens is 281 g/mol. The lowest BCUT2D eigenvalue weighted by Gasteiger charge is -2.41. The van der Waals surface area contributed by atoms with E-state index in [4.69, 9.17) is 0 Å². The van der Waals surface area contributed by atoms with Gasteiger partial charge in [-0.3, -0.25) is 9.48 Å². The fraction of sp³-hybridized carbons (Fsp3) is 0.412. The molecule has 0 bridgehead atoms. The molecule has 1 aliphatic heterocycles. The van der Waals surface area contributed by atoms with Gasteiger partial charge in [0, 0.05) is 13.6 Å². The normalized spacial score (nSPS) is 17.7. The van der Waals surface area contributed by atoms with Crippen LogP contribution in [0.4, 0.5) is 4.39 Å². The summed E-state index contributed by atoms with van der Waals surface area (Å²) < 4.78 is 14.7. The Morgan fingerprint density at radius 3 is 2.50 bits per heavy atom. The van der Waals surface area contributed by atoms with Crippen LogP contribution >= 0.6 is 0 Å². The van der Waals surface area contributed by atoms with Crippen LogP contribution in [0.2, 0.25) is 0 Å². The highest BCUT2D eigenvalue weighted by Gasteiger charge is 2.35. The first kappa shape index (κ1) is 14.8. The second-order valence-corrected chi connectivity index (χ2v) is 6.09. The number of hydrogen-bond acceptors (Lipinski definition) is 2. The van der Waals surface area contributed by atoms with Crippen LogP contribution < -0.4 is 0 Å². The van der Waals surface area contributed by atoms with Crippen LogP contribution in [0.25, 0.3) is 0 Å². The molecule has 1 aromatic heterocycles. The van der Waals surface area contributed by atoms with Crippen LogP contribution in [-0.2, 0) is 7.05 Å². The zero-order chi connectivity index (χ0) is 15.9. The van der Waals surface area contributed by atoms with Gasteiger partial charge in [0.05, 0.1) is 11.7 Å². The molecule has 3 rings (SSSR count). The van der Waals surface area contributed by atoms with Crippen LogP contribution in [0, 0.1) is 5.82 Å². The van der Waals surface area contributed by atoms with E-state index < -0.39 is 0 Å². The molecule has 2 aromatic rings. The highest BCUT2D eigenvalue weighted by atomic mass is 19.1. The highest BCUT2D eigenvalue weighted by Crippen LogP contribution is 2.34. The van der Waals surface area contributed by atoms with E-state index in [9.17, 15) is 9.18 Å². The van der Waals surface area contributed by atoms with Gasteiger partial charge < -0.3 is 4.90 Å². The summed E-state index contributed by atoms with van der Waals surface area (Å²) in [5.41, 5.74) is 2.51. The summed E-state index contributed by atoms with van der Waals surface area (Å²) in [7, 11) is 1.80. The van der Waals surface area contributed by atoms with Crippen LogP contribution in [-0.4, -0.2) is 27.1 Å². The van der Waals surface area contributed by atoms with Crippen molar-refractivity contribution in [3.63, 3.8) is 0 Å². The van der Waals surface area contributed by atoms with Crippen LogP contribution in [0.3, 0.4) is 0 Å². The van der Waals surface area contributed by atoms with Crippen molar-refractivity contribution in [2.45, 2.75) is 32.2 Å². The average Bonchev–Trinajstić information content (AvgIpc) is 2.82. The molecule has 1 atom stereocenters. The summed E-state index contributed by atoms with van der Waals surface area (Å²) in [6, 6.07) is 8.29. The number of aromatic nitrogens is 2. The summed E-state index contributed by atoms with van der Waals surface area (Å²) >= 11 is 0. The molecule has 1 amide bonds. The maximum atomic E-state index is 13.0. The molecule has 4 nitrogen and oxygen atoms in total. The lowest BCUT2D eigenvalue weighted by Crippen LogP contribution is -2.45. The van der Waals surface area contributed by atoms with E-state index in [2.05, 4.69) is 18.9 Å². The minimum absolute atomic E-state index is 0.0116. The number of aryl methyl sites for hydroxylation is 1. The minimum atomic E-state index is -0.255. The number of nitrogens with zero attached hydrogens (tertiary/aromatic N) is 3. The summed E-state index contributed by atoms with van der Waals surface area (Å²) in [6.45, 7) is 4.84. The highest BCUT2D eigenvalue weighted by molar-refractivity contribution is 5.93. The summed E-state index contributed by atoms with van der Waals surface area (Å²) in [6.07, 6.45) is 0.909. The third kappa shape index (κ3) is 2.51. The Bertz CT molecular complexity index is 690. The van der Waals surface area contributed by atoms with E-state index in [1.807, 2.05) is 11.0 Å². The SMILES string of the molecule is CC(C)c1cc(C(=O)N2CC[C@H]2c2ccc(F)cc2)n(C)n1. The number of carbonyl (C=O) groups excluding carboxylic acids is 1. The van der Waals surface area contributed by atoms with Gasteiger partial charge in [-0.05, 0) is 36.1 Å². The van der Waals surface area contributed by atoms with E-state index in [1.54, 1.807) is 23.9 Å².